The molecule has 24 heavy (non-hydrogen) atoms. The summed E-state index contributed by atoms with van der Waals surface area (Å²) in [5, 5.41) is 18.7. The van der Waals surface area contributed by atoms with Gasteiger partial charge >= 0.3 is 5.97 Å². The molecule has 0 aliphatic rings. The molecule has 2 aromatic rings. The summed E-state index contributed by atoms with van der Waals surface area (Å²) >= 11 is 0. The van der Waals surface area contributed by atoms with Crippen LogP contribution >= 0.6 is 0 Å². The number of aromatic nitrogens is 2. The van der Waals surface area contributed by atoms with Crippen molar-refractivity contribution in [3.8, 4) is 11.6 Å². The fourth-order valence-corrected chi connectivity index (χ4v) is 1.79. The van der Waals surface area contributed by atoms with Gasteiger partial charge in [-0.3, -0.25) is 9.59 Å². The number of carboxylic acids is 1. The van der Waals surface area contributed by atoms with Gasteiger partial charge < -0.3 is 19.9 Å². The number of rotatable bonds is 8. The fourth-order valence-electron chi connectivity index (χ4n) is 1.79. The van der Waals surface area contributed by atoms with Crippen molar-refractivity contribution in [3.05, 3.63) is 42.1 Å². The highest BCUT2D eigenvalue weighted by atomic mass is 16.5. The van der Waals surface area contributed by atoms with Gasteiger partial charge in [0, 0.05) is 18.2 Å². The maximum absolute atomic E-state index is 12.0. The second-order valence-corrected chi connectivity index (χ2v) is 4.79. The zero-order chi connectivity index (χ0) is 17.4. The maximum Gasteiger partial charge on any atom is 0.303 e. The Balaban J connectivity index is 1.86. The first-order valence-corrected chi connectivity index (χ1v) is 7.22. The second kappa shape index (κ2) is 8.47. The van der Waals surface area contributed by atoms with Crippen molar-refractivity contribution in [2.24, 2.45) is 0 Å². The number of nitrogens with one attached hydrogen (secondary N) is 1. The van der Waals surface area contributed by atoms with Gasteiger partial charge in [-0.15, -0.1) is 10.2 Å². The van der Waals surface area contributed by atoms with Gasteiger partial charge in [0.15, 0.2) is 5.69 Å². The SMILES string of the molecule is COc1ccc(C(=O)Nc2ccc(OCCCC(=O)O)cc2)nn1. The highest BCUT2D eigenvalue weighted by Crippen LogP contribution is 2.16. The van der Waals surface area contributed by atoms with Crippen LogP contribution in [0.1, 0.15) is 23.3 Å². The zero-order valence-electron chi connectivity index (χ0n) is 13.1. The first-order valence-electron chi connectivity index (χ1n) is 7.22. The van der Waals surface area contributed by atoms with Crippen LogP contribution in [0.25, 0.3) is 0 Å². The Morgan fingerprint density at radius 2 is 1.88 bits per heavy atom. The molecule has 1 amide bonds. The van der Waals surface area contributed by atoms with Gasteiger partial charge in [-0.2, -0.15) is 0 Å². The minimum atomic E-state index is -0.849. The maximum atomic E-state index is 12.0. The highest BCUT2D eigenvalue weighted by molar-refractivity contribution is 6.02. The molecule has 8 nitrogen and oxygen atoms in total. The number of carboxylic acid groups (broad SMARTS) is 1. The molecule has 0 fully saturated rings. The van der Waals surface area contributed by atoms with Crippen molar-refractivity contribution >= 4 is 17.6 Å². The monoisotopic (exact) mass is 331 g/mol. The molecule has 1 aromatic carbocycles. The van der Waals surface area contributed by atoms with Crippen LogP contribution in [0.15, 0.2) is 36.4 Å². The Labute approximate surface area is 138 Å². The lowest BCUT2D eigenvalue weighted by atomic mass is 10.3. The van der Waals surface area contributed by atoms with Gasteiger partial charge in [0.1, 0.15) is 5.75 Å². The molecule has 0 bridgehead atoms. The third kappa shape index (κ3) is 5.24. The third-order valence-electron chi connectivity index (χ3n) is 3.00. The van der Waals surface area contributed by atoms with Crippen LogP contribution in [-0.2, 0) is 4.79 Å². The highest BCUT2D eigenvalue weighted by Gasteiger charge is 2.09. The fraction of sp³-hybridized carbons (Fsp3) is 0.250. The molecule has 1 aromatic heterocycles. The summed E-state index contributed by atoms with van der Waals surface area (Å²) in [6.45, 7) is 0.319. The number of carbonyl (C=O) groups is 2. The van der Waals surface area contributed by atoms with E-state index in [-0.39, 0.29) is 18.0 Å². The Morgan fingerprint density at radius 3 is 2.46 bits per heavy atom. The summed E-state index contributed by atoms with van der Waals surface area (Å²) < 4.78 is 10.3. The third-order valence-corrected chi connectivity index (χ3v) is 3.00. The summed E-state index contributed by atoms with van der Waals surface area (Å²) in [6.07, 6.45) is 0.501. The van der Waals surface area contributed by atoms with Crippen molar-refractivity contribution in [2.45, 2.75) is 12.8 Å². The van der Waals surface area contributed by atoms with Crippen molar-refractivity contribution in [1.82, 2.24) is 10.2 Å². The molecule has 0 aliphatic heterocycles. The number of nitrogens with zero attached hydrogens (tertiary/aromatic N) is 2. The number of benzene rings is 1. The summed E-state index contributed by atoms with van der Waals surface area (Å²) in [7, 11) is 1.47. The predicted octanol–water partition coefficient (Wildman–Crippen LogP) is 1.98. The molecule has 0 aliphatic carbocycles. The van der Waals surface area contributed by atoms with Crippen LogP contribution in [-0.4, -0.2) is 40.9 Å². The topological polar surface area (TPSA) is 111 Å². The Morgan fingerprint density at radius 1 is 1.12 bits per heavy atom. The molecular formula is C16H17N3O5. The van der Waals surface area contributed by atoms with E-state index in [9.17, 15) is 9.59 Å². The lowest BCUT2D eigenvalue weighted by Gasteiger charge is -2.08. The van der Waals surface area contributed by atoms with Crippen LogP contribution in [0.4, 0.5) is 5.69 Å². The van der Waals surface area contributed by atoms with Crippen LogP contribution in [0.2, 0.25) is 0 Å². The first kappa shape index (κ1) is 17.2. The number of ether oxygens (including phenoxy) is 2. The molecule has 126 valence electrons. The van der Waals surface area contributed by atoms with Crippen molar-refractivity contribution in [1.29, 1.82) is 0 Å². The Kier molecular flexibility index (Phi) is 6.07. The predicted molar refractivity (Wildman–Crippen MR) is 85.3 cm³/mol. The molecule has 8 heteroatoms. The number of hydrogen-bond donors (Lipinski definition) is 2. The quantitative estimate of drug-likeness (QED) is 0.711. The number of hydrogen-bond acceptors (Lipinski definition) is 6. The second-order valence-electron chi connectivity index (χ2n) is 4.79. The van der Waals surface area contributed by atoms with Crippen molar-refractivity contribution in [3.63, 3.8) is 0 Å². The largest absolute Gasteiger partial charge is 0.494 e. The number of methoxy groups -OCH3 is 1. The number of amides is 1. The van der Waals surface area contributed by atoms with E-state index in [0.29, 0.717) is 30.3 Å². The molecule has 0 radical (unpaired) electrons. The van der Waals surface area contributed by atoms with E-state index >= 15 is 0 Å². The Bertz CT molecular complexity index is 686. The van der Waals surface area contributed by atoms with E-state index in [2.05, 4.69) is 15.5 Å². The molecule has 0 unspecified atom stereocenters. The molecule has 0 spiro atoms. The van der Waals surface area contributed by atoms with Gasteiger partial charge in [-0.05, 0) is 36.8 Å². The molecule has 2 rings (SSSR count). The van der Waals surface area contributed by atoms with Crippen LogP contribution in [0.5, 0.6) is 11.6 Å². The van der Waals surface area contributed by atoms with E-state index in [1.54, 1.807) is 30.3 Å². The molecular weight excluding hydrogens is 314 g/mol. The van der Waals surface area contributed by atoms with E-state index in [1.807, 2.05) is 0 Å². The smallest absolute Gasteiger partial charge is 0.303 e. The van der Waals surface area contributed by atoms with Gasteiger partial charge in [0.2, 0.25) is 5.88 Å². The lowest BCUT2D eigenvalue weighted by Crippen LogP contribution is -2.14. The lowest BCUT2D eigenvalue weighted by molar-refractivity contribution is -0.137. The van der Waals surface area contributed by atoms with Gasteiger partial charge in [-0.1, -0.05) is 0 Å². The van der Waals surface area contributed by atoms with Crippen molar-refractivity contribution in [2.75, 3.05) is 19.0 Å². The number of carbonyl (C=O) groups excluding carboxylic acids is 1. The minimum absolute atomic E-state index is 0.0665. The summed E-state index contributed by atoms with van der Waals surface area (Å²) in [6, 6.07) is 9.81. The summed E-state index contributed by atoms with van der Waals surface area (Å²) in [4.78, 5) is 22.4. The van der Waals surface area contributed by atoms with E-state index in [1.165, 1.54) is 13.2 Å². The average Bonchev–Trinajstić information content (AvgIpc) is 2.60. The normalized spacial score (nSPS) is 10.0. The Hall–Kier alpha value is -3.16. The summed E-state index contributed by atoms with van der Waals surface area (Å²) in [5.74, 6) is -0.308. The van der Waals surface area contributed by atoms with E-state index in [4.69, 9.17) is 14.6 Å². The van der Waals surface area contributed by atoms with Gasteiger partial charge in [0.25, 0.3) is 5.91 Å². The van der Waals surface area contributed by atoms with Crippen LogP contribution < -0.4 is 14.8 Å². The molecule has 1 heterocycles. The summed E-state index contributed by atoms with van der Waals surface area (Å²) in [5.41, 5.74) is 0.750. The number of aliphatic carboxylic acids is 1. The zero-order valence-corrected chi connectivity index (χ0v) is 13.1. The standard InChI is InChI=1S/C16H17N3O5/c1-23-14-9-8-13(18-19-14)16(22)17-11-4-6-12(7-5-11)24-10-2-3-15(20)21/h4-9H,2-3,10H2,1H3,(H,17,22)(H,20,21). The molecule has 0 saturated heterocycles. The average molecular weight is 331 g/mol. The molecule has 0 atom stereocenters. The molecule has 2 N–H and O–H groups in total. The van der Waals surface area contributed by atoms with E-state index < -0.39 is 5.97 Å². The van der Waals surface area contributed by atoms with Crippen molar-refractivity contribution < 1.29 is 24.2 Å². The molecule has 0 saturated carbocycles. The van der Waals surface area contributed by atoms with Gasteiger partial charge in [0.05, 0.1) is 13.7 Å². The minimum Gasteiger partial charge on any atom is -0.494 e. The van der Waals surface area contributed by atoms with Gasteiger partial charge in [-0.25, -0.2) is 0 Å². The first-order chi connectivity index (χ1) is 11.6. The van der Waals surface area contributed by atoms with Crippen LogP contribution in [0.3, 0.4) is 0 Å². The number of anilines is 1. The van der Waals surface area contributed by atoms with E-state index in [0.717, 1.165) is 0 Å². The van der Waals surface area contributed by atoms with Crippen LogP contribution in [0, 0.1) is 0 Å².